The molecule has 1 N–H and O–H groups in total. The second-order valence-electron chi connectivity index (χ2n) is 2.95. The first-order chi connectivity index (χ1) is 6.81. The van der Waals surface area contributed by atoms with E-state index < -0.39 is 6.23 Å². The summed E-state index contributed by atoms with van der Waals surface area (Å²) in [5, 5.41) is 8.82. The molecule has 2 rings (SSSR count). The van der Waals surface area contributed by atoms with Crippen molar-refractivity contribution in [1.29, 1.82) is 0 Å². The van der Waals surface area contributed by atoms with E-state index in [-0.39, 0.29) is 18.3 Å². The largest absolute Gasteiger partial charge is 0.393 e. The lowest BCUT2D eigenvalue weighted by Crippen LogP contribution is -2.25. The zero-order valence-electron chi connectivity index (χ0n) is 7.41. The van der Waals surface area contributed by atoms with Gasteiger partial charge in [-0.1, -0.05) is 6.08 Å². The second kappa shape index (κ2) is 3.73. The summed E-state index contributed by atoms with van der Waals surface area (Å²) in [4.78, 5) is 15.0. The first-order valence-electron chi connectivity index (χ1n) is 4.28. The van der Waals surface area contributed by atoms with Gasteiger partial charge in [0.1, 0.15) is 6.10 Å². The Hall–Kier alpha value is -1.46. The van der Waals surface area contributed by atoms with E-state index in [9.17, 15) is 4.79 Å². The predicted molar refractivity (Wildman–Crippen MR) is 48.6 cm³/mol. The SMILES string of the molecule is O=c1cnccn1[C@H]1C=C[C@@H](CO)O1. The molecule has 1 aromatic heterocycles. The van der Waals surface area contributed by atoms with E-state index in [4.69, 9.17) is 9.84 Å². The van der Waals surface area contributed by atoms with Crippen LogP contribution in [0.2, 0.25) is 0 Å². The van der Waals surface area contributed by atoms with Crippen LogP contribution in [0.1, 0.15) is 6.23 Å². The maximum atomic E-state index is 11.3. The molecule has 14 heavy (non-hydrogen) atoms. The molecule has 1 aromatic rings. The quantitative estimate of drug-likeness (QED) is 0.656. The Morgan fingerprint density at radius 2 is 2.43 bits per heavy atom. The molecule has 0 aliphatic carbocycles. The lowest BCUT2D eigenvalue weighted by molar-refractivity contribution is -0.00977. The summed E-state index contributed by atoms with van der Waals surface area (Å²) < 4.78 is 6.77. The minimum atomic E-state index is -0.428. The number of hydrogen-bond acceptors (Lipinski definition) is 4. The number of ether oxygens (including phenoxy) is 1. The van der Waals surface area contributed by atoms with Crippen molar-refractivity contribution in [3.05, 3.63) is 41.1 Å². The number of aliphatic hydroxyl groups excluding tert-OH is 1. The highest BCUT2D eigenvalue weighted by Gasteiger charge is 2.19. The predicted octanol–water partition coefficient (Wildman–Crippen LogP) is -0.311. The molecule has 0 spiro atoms. The van der Waals surface area contributed by atoms with Gasteiger partial charge in [-0.2, -0.15) is 0 Å². The Labute approximate surface area is 80.3 Å². The van der Waals surface area contributed by atoms with Gasteiger partial charge in [0.2, 0.25) is 0 Å². The molecule has 0 saturated carbocycles. The fourth-order valence-corrected chi connectivity index (χ4v) is 1.32. The Kier molecular flexibility index (Phi) is 2.43. The number of nitrogens with zero attached hydrogens (tertiary/aromatic N) is 2. The van der Waals surface area contributed by atoms with E-state index >= 15 is 0 Å². The van der Waals surface area contributed by atoms with Crippen molar-refractivity contribution in [2.75, 3.05) is 6.61 Å². The van der Waals surface area contributed by atoms with Gasteiger partial charge in [0, 0.05) is 12.4 Å². The van der Waals surface area contributed by atoms with Gasteiger partial charge >= 0.3 is 0 Å². The number of aromatic nitrogens is 2. The van der Waals surface area contributed by atoms with E-state index in [0.29, 0.717) is 0 Å². The third-order valence-electron chi connectivity index (χ3n) is 2.01. The molecule has 1 aliphatic rings. The van der Waals surface area contributed by atoms with Crippen LogP contribution in [0.5, 0.6) is 0 Å². The van der Waals surface area contributed by atoms with Gasteiger partial charge in [-0.15, -0.1) is 0 Å². The normalized spacial score (nSPS) is 25.5. The highest BCUT2D eigenvalue weighted by molar-refractivity contribution is 5.01. The molecular weight excluding hydrogens is 184 g/mol. The number of hydrogen-bond donors (Lipinski definition) is 1. The van der Waals surface area contributed by atoms with Crippen molar-refractivity contribution in [1.82, 2.24) is 9.55 Å². The standard InChI is InChI=1S/C9H10N2O3/c12-6-7-1-2-9(14-7)11-4-3-10-5-8(11)13/h1-5,7,9,12H,6H2/t7-,9+/m0/s1. The summed E-state index contributed by atoms with van der Waals surface area (Å²) in [6.07, 6.45) is 7.02. The van der Waals surface area contributed by atoms with Crippen molar-refractivity contribution in [2.24, 2.45) is 0 Å². The molecule has 0 saturated heterocycles. The molecule has 74 valence electrons. The summed E-state index contributed by atoms with van der Waals surface area (Å²) in [6, 6.07) is 0. The fourth-order valence-electron chi connectivity index (χ4n) is 1.32. The number of aliphatic hydroxyl groups is 1. The average molecular weight is 194 g/mol. The zero-order valence-corrected chi connectivity index (χ0v) is 7.41. The highest BCUT2D eigenvalue weighted by Crippen LogP contribution is 2.18. The van der Waals surface area contributed by atoms with Crippen LogP contribution in [0.15, 0.2) is 35.5 Å². The third-order valence-corrected chi connectivity index (χ3v) is 2.01. The van der Waals surface area contributed by atoms with Gasteiger partial charge in [0.25, 0.3) is 5.56 Å². The summed E-state index contributed by atoms with van der Waals surface area (Å²) in [5.74, 6) is 0. The smallest absolute Gasteiger partial charge is 0.271 e. The molecular formula is C9H10N2O3. The van der Waals surface area contributed by atoms with Crippen LogP contribution in [-0.2, 0) is 4.74 Å². The van der Waals surface area contributed by atoms with Crippen LogP contribution >= 0.6 is 0 Å². The zero-order chi connectivity index (χ0) is 9.97. The van der Waals surface area contributed by atoms with E-state index in [1.165, 1.54) is 17.0 Å². The van der Waals surface area contributed by atoms with Crippen molar-refractivity contribution < 1.29 is 9.84 Å². The van der Waals surface area contributed by atoms with Gasteiger partial charge in [-0.05, 0) is 6.08 Å². The first kappa shape index (κ1) is 9.11. The van der Waals surface area contributed by atoms with Crippen molar-refractivity contribution in [2.45, 2.75) is 12.3 Å². The molecule has 0 radical (unpaired) electrons. The van der Waals surface area contributed by atoms with E-state index in [2.05, 4.69) is 4.98 Å². The summed E-state index contributed by atoms with van der Waals surface area (Å²) in [5.41, 5.74) is -0.222. The minimum absolute atomic E-state index is 0.0766. The molecule has 0 amide bonds. The third kappa shape index (κ3) is 1.59. The molecule has 0 fully saturated rings. The van der Waals surface area contributed by atoms with Crippen LogP contribution < -0.4 is 5.56 Å². The Morgan fingerprint density at radius 3 is 3.07 bits per heavy atom. The Bertz CT molecular complexity index is 399. The minimum Gasteiger partial charge on any atom is -0.393 e. The summed E-state index contributed by atoms with van der Waals surface area (Å²) in [7, 11) is 0. The van der Waals surface area contributed by atoms with Crippen molar-refractivity contribution in [3.63, 3.8) is 0 Å². The molecule has 0 bridgehead atoms. The van der Waals surface area contributed by atoms with Gasteiger partial charge in [0.15, 0.2) is 6.23 Å². The lowest BCUT2D eigenvalue weighted by atomic mass is 10.4. The molecule has 0 unspecified atom stereocenters. The monoisotopic (exact) mass is 194 g/mol. The van der Waals surface area contributed by atoms with Crippen LogP contribution in [-0.4, -0.2) is 27.4 Å². The van der Waals surface area contributed by atoms with Crippen LogP contribution in [0.25, 0.3) is 0 Å². The second-order valence-corrected chi connectivity index (χ2v) is 2.95. The maximum Gasteiger partial charge on any atom is 0.271 e. The highest BCUT2D eigenvalue weighted by atomic mass is 16.5. The Morgan fingerprint density at radius 1 is 1.57 bits per heavy atom. The molecule has 1 aliphatic heterocycles. The van der Waals surface area contributed by atoms with E-state index in [0.717, 1.165) is 0 Å². The topological polar surface area (TPSA) is 64.4 Å². The van der Waals surface area contributed by atoms with Crippen molar-refractivity contribution in [3.8, 4) is 0 Å². The molecule has 2 atom stereocenters. The molecule has 0 aromatic carbocycles. The summed E-state index contributed by atoms with van der Waals surface area (Å²) in [6.45, 7) is -0.0766. The fraction of sp³-hybridized carbons (Fsp3) is 0.333. The van der Waals surface area contributed by atoms with Crippen LogP contribution in [0, 0.1) is 0 Å². The number of rotatable bonds is 2. The van der Waals surface area contributed by atoms with Crippen molar-refractivity contribution >= 4 is 0 Å². The average Bonchev–Trinajstić information content (AvgIpc) is 2.67. The lowest BCUT2D eigenvalue weighted by Gasteiger charge is -2.14. The Balaban J connectivity index is 2.23. The van der Waals surface area contributed by atoms with Crippen LogP contribution in [0.4, 0.5) is 0 Å². The molecule has 5 nitrogen and oxygen atoms in total. The molecule has 2 heterocycles. The van der Waals surface area contributed by atoms with Crippen LogP contribution in [0.3, 0.4) is 0 Å². The van der Waals surface area contributed by atoms with Gasteiger partial charge in [-0.25, -0.2) is 0 Å². The first-order valence-corrected chi connectivity index (χ1v) is 4.28. The molecule has 5 heteroatoms. The van der Waals surface area contributed by atoms with Gasteiger partial charge in [0.05, 0.1) is 12.8 Å². The summed E-state index contributed by atoms with van der Waals surface area (Å²) >= 11 is 0. The maximum absolute atomic E-state index is 11.3. The van der Waals surface area contributed by atoms with Gasteiger partial charge in [-0.3, -0.25) is 14.3 Å². The van der Waals surface area contributed by atoms with E-state index in [1.54, 1.807) is 18.3 Å². The van der Waals surface area contributed by atoms with E-state index in [1.807, 2.05) is 0 Å². The van der Waals surface area contributed by atoms with Gasteiger partial charge < -0.3 is 9.84 Å².